The molecule has 2 saturated heterocycles. The summed E-state index contributed by atoms with van der Waals surface area (Å²) in [4.78, 5) is 9.48. The number of halogens is 1. The van der Waals surface area contributed by atoms with Crippen molar-refractivity contribution in [3.8, 4) is 11.3 Å². The van der Waals surface area contributed by atoms with E-state index in [-0.39, 0.29) is 0 Å². The van der Waals surface area contributed by atoms with Crippen LogP contribution in [0.25, 0.3) is 11.3 Å². The molecule has 6 heteroatoms. The zero-order chi connectivity index (χ0) is 16.4. The minimum Gasteiger partial charge on any atom is -0.439 e. The Morgan fingerprint density at radius 1 is 1.25 bits per heavy atom. The zero-order valence-electron chi connectivity index (χ0n) is 13.7. The third-order valence-electron chi connectivity index (χ3n) is 4.98. The molecular weight excluding hydrogens is 324 g/mol. The second-order valence-corrected chi connectivity index (χ2v) is 7.02. The highest BCUT2D eigenvalue weighted by atomic mass is 35.5. The standard InChI is InChI=1S/C18H23ClN4O/c19-15-3-1-2-14(10-15)17-12-21-18(24-17)13-22-6-8-23(9-7-22)16-4-5-20-11-16/h1-3,10,12,16,20H,4-9,11,13H2. The van der Waals surface area contributed by atoms with Crippen LogP contribution in [0, 0.1) is 0 Å². The van der Waals surface area contributed by atoms with Crippen molar-refractivity contribution in [3.05, 3.63) is 41.4 Å². The minimum atomic E-state index is 0.711. The first-order valence-corrected chi connectivity index (χ1v) is 9.03. The Labute approximate surface area is 147 Å². The van der Waals surface area contributed by atoms with Crippen molar-refractivity contribution in [3.63, 3.8) is 0 Å². The van der Waals surface area contributed by atoms with Crippen molar-refractivity contribution in [2.45, 2.75) is 19.0 Å². The monoisotopic (exact) mass is 346 g/mol. The summed E-state index contributed by atoms with van der Waals surface area (Å²) >= 11 is 6.05. The summed E-state index contributed by atoms with van der Waals surface area (Å²) < 4.78 is 5.92. The highest BCUT2D eigenvalue weighted by molar-refractivity contribution is 6.30. The molecule has 2 aliphatic rings. The number of nitrogens with one attached hydrogen (secondary N) is 1. The van der Waals surface area contributed by atoms with Crippen molar-refractivity contribution in [1.82, 2.24) is 20.1 Å². The number of piperazine rings is 1. The number of benzene rings is 1. The maximum absolute atomic E-state index is 6.05. The van der Waals surface area contributed by atoms with Gasteiger partial charge in [-0.3, -0.25) is 9.80 Å². The predicted molar refractivity (Wildman–Crippen MR) is 95.1 cm³/mol. The van der Waals surface area contributed by atoms with Crippen molar-refractivity contribution < 1.29 is 4.42 Å². The second-order valence-electron chi connectivity index (χ2n) is 6.59. The maximum Gasteiger partial charge on any atom is 0.209 e. The molecule has 5 nitrogen and oxygen atoms in total. The third kappa shape index (κ3) is 3.64. The number of rotatable bonds is 4. The molecule has 1 aromatic heterocycles. The van der Waals surface area contributed by atoms with Gasteiger partial charge < -0.3 is 9.73 Å². The van der Waals surface area contributed by atoms with Gasteiger partial charge in [0.05, 0.1) is 12.7 Å². The Bertz CT molecular complexity index is 675. The van der Waals surface area contributed by atoms with Crippen molar-refractivity contribution in [2.24, 2.45) is 0 Å². The molecule has 1 unspecified atom stereocenters. The van der Waals surface area contributed by atoms with Gasteiger partial charge in [0, 0.05) is 49.4 Å². The van der Waals surface area contributed by atoms with E-state index in [2.05, 4.69) is 20.1 Å². The van der Waals surface area contributed by atoms with E-state index < -0.39 is 0 Å². The quantitative estimate of drug-likeness (QED) is 0.921. The Balaban J connectivity index is 1.33. The first-order chi connectivity index (χ1) is 11.8. The molecule has 1 atom stereocenters. The van der Waals surface area contributed by atoms with Crippen LogP contribution in [0.5, 0.6) is 0 Å². The van der Waals surface area contributed by atoms with Crippen LogP contribution in [-0.2, 0) is 6.54 Å². The Kier molecular flexibility index (Phi) is 4.85. The minimum absolute atomic E-state index is 0.711. The zero-order valence-corrected chi connectivity index (χ0v) is 14.5. The Hall–Kier alpha value is -1.40. The van der Waals surface area contributed by atoms with Crippen LogP contribution in [-0.4, -0.2) is 60.1 Å². The summed E-state index contributed by atoms with van der Waals surface area (Å²) in [5, 5.41) is 4.16. The lowest BCUT2D eigenvalue weighted by Crippen LogP contribution is -2.50. The van der Waals surface area contributed by atoms with Gasteiger partial charge in [0.15, 0.2) is 5.76 Å². The van der Waals surface area contributed by atoms with E-state index >= 15 is 0 Å². The van der Waals surface area contributed by atoms with Crippen LogP contribution in [0.1, 0.15) is 12.3 Å². The van der Waals surface area contributed by atoms with Gasteiger partial charge in [0.2, 0.25) is 5.89 Å². The number of hydrogen-bond acceptors (Lipinski definition) is 5. The second kappa shape index (κ2) is 7.23. The first kappa shape index (κ1) is 16.1. The highest BCUT2D eigenvalue weighted by Gasteiger charge is 2.26. The highest BCUT2D eigenvalue weighted by Crippen LogP contribution is 2.24. The van der Waals surface area contributed by atoms with Crippen LogP contribution >= 0.6 is 11.6 Å². The fourth-order valence-corrected chi connectivity index (χ4v) is 3.78. The molecule has 128 valence electrons. The Morgan fingerprint density at radius 3 is 2.88 bits per heavy atom. The van der Waals surface area contributed by atoms with Gasteiger partial charge in [-0.1, -0.05) is 23.7 Å². The van der Waals surface area contributed by atoms with E-state index in [1.54, 1.807) is 6.20 Å². The van der Waals surface area contributed by atoms with Gasteiger partial charge in [-0.25, -0.2) is 4.98 Å². The summed E-state index contributed by atoms with van der Waals surface area (Å²) in [6, 6.07) is 8.41. The van der Waals surface area contributed by atoms with Crippen molar-refractivity contribution >= 4 is 11.6 Å². The van der Waals surface area contributed by atoms with Crippen LogP contribution in [0.4, 0.5) is 0 Å². The van der Waals surface area contributed by atoms with E-state index in [1.807, 2.05) is 24.3 Å². The van der Waals surface area contributed by atoms with Crippen LogP contribution < -0.4 is 5.32 Å². The number of aromatic nitrogens is 1. The van der Waals surface area contributed by atoms with Crippen LogP contribution in [0.3, 0.4) is 0 Å². The number of hydrogen-bond donors (Lipinski definition) is 1. The molecule has 0 amide bonds. The lowest BCUT2D eigenvalue weighted by Gasteiger charge is -2.37. The molecule has 0 radical (unpaired) electrons. The number of oxazole rings is 1. The fraction of sp³-hybridized carbons (Fsp3) is 0.500. The van der Waals surface area contributed by atoms with E-state index in [1.165, 1.54) is 6.42 Å². The molecule has 0 aliphatic carbocycles. The molecule has 1 N–H and O–H groups in total. The molecule has 0 spiro atoms. The molecule has 24 heavy (non-hydrogen) atoms. The lowest BCUT2D eigenvalue weighted by molar-refractivity contribution is 0.0926. The predicted octanol–water partition coefficient (Wildman–Crippen LogP) is 2.47. The summed E-state index contributed by atoms with van der Waals surface area (Å²) in [5.74, 6) is 1.56. The van der Waals surface area contributed by atoms with Gasteiger partial charge in [-0.2, -0.15) is 0 Å². The fourth-order valence-electron chi connectivity index (χ4n) is 3.59. The molecule has 0 saturated carbocycles. The number of nitrogens with zero attached hydrogens (tertiary/aromatic N) is 3. The molecule has 1 aromatic carbocycles. The summed E-state index contributed by atoms with van der Waals surface area (Å²) in [6.45, 7) is 7.49. The molecule has 4 rings (SSSR count). The average molecular weight is 347 g/mol. The van der Waals surface area contributed by atoms with E-state index in [0.29, 0.717) is 5.02 Å². The molecule has 2 aromatic rings. The Morgan fingerprint density at radius 2 is 2.12 bits per heavy atom. The molecule has 3 heterocycles. The van der Waals surface area contributed by atoms with Crippen molar-refractivity contribution in [2.75, 3.05) is 39.3 Å². The van der Waals surface area contributed by atoms with Crippen LogP contribution in [0.2, 0.25) is 5.02 Å². The van der Waals surface area contributed by atoms with Crippen molar-refractivity contribution in [1.29, 1.82) is 0 Å². The van der Waals surface area contributed by atoms with Gasteiger partial charge in [0.25, 0.3) is 0 Å². The molecule has 0 bridgehead atoms. The SMILES string of the molecule is Clc1cccc(-c2cnc(CN3CCN(C4CCNC4)CC3)o2)c1. The van der Waals surface area contributed by atoms with Gasteiger partial charge >= 0.3 is 0 Å². The summed E-state index contributed by atoms with van der Waals surface area (Å²) in [6.07, 6.45) is 3.07. The molecule has 2 aliphatic heterocycles. The summed E-state index contributed by atoms with van der Waals surface area (Å²) in [5.41, 5.74) is 0.972. The van der Waals surface area contributed by atoms with Gasteiger partial charge in [-0.05, 0) is 25.1 Å². The van der Waals surface area contributed by atoms with Crippen LogP contribution in [0.15, 0.2) is 34.9 Å². The largest absolute Gasteiger partial charge is 0.439 e. The maximum atomic E-state index is 6.05. The molecular formula is C18H23ClN4O. The lowest BCUT2D eigenvalue weighted by atomic mass is 10.2. The normalized spacial score (nSPS) is 23.0. The molecule has 2 fully saturated rings. The topological polar surface area (TPSA) is 44.5 Å². The smallest absolute Gasteiger partial charge is 0.209 e. The van der Waals surface area contributed by atoms with E-state index in [9.17, 15) is 0 Å². The average Bonchev–Trinajstić information content (AvgIpc) is 3.27. The van der Waals surface area contributed by atoms with E-state index in [0.717, 1.165) is 69.1 Å². The van der Waals surface area contributed by atoms with E-state index in [4.69, 9.17) is 16.0 Å². The third-order valence-corrected chi connectivity index (χ3v) is 5.21. The first-order valence-electron chi connectivity index (χ1n) is 8.66. The van der Waals surface area contributed by atoms with Gasteiger partial charge in [-0.15, -0.1) is 0 Å². The summed E-state index contributed by atoms with van der Waals surface area (Å²) in [7, 11) is 0. The van der Waals surface area contributed by atoms with Gasteiger partial charge in [0.1, 0.15) is 0 Å².